The second kappa shape index (κ2) is 8.41. The highest BCUT2D eigenvalue weighted by Gasteiger charge is 2.40. The fraction of sp³-hybridized carbons (Fsp3) is 0.0870. The lowest BCUT2D eigenvalue weighted by Crippen LogP contribution is -2.08. The number of nitro groups is 1. The van der Waals surface area contributed by atoms with Gasteiger partial charge in [-0.3, -0.25) is 10.1 Å². The molecule has 3 aromatic carbocycles. The summed E-state index contributed by atoms with van der Waals surface area (Å²) in [5.41, 5.74) is -0.955. The average molecular weight is 487 g/mol. The summed E-state index contributed by atoms with van der Waals surface area (Å²) in [6.07, 6.45) is -3.81. The van der Waals surface area contributed by atoms with Gasteiger partial charge in [0.05, 0.1) is 21.2 Å². The predicted octanol–water partition coefficient (Wildman–Crippen LogP) is 5.54. The number of non-ortho nitro benzene ring substituents is 1. The van der Waals surface area contributed by atoms with Gasteiger partial charge in [0.15, 0.2) is 15.5 Å². The van der Waals surface area contributed by atoms with E-state index in [0.717, 1.165) is 23.1 Å². The number of nitrogens with zero attached hydrogens (tertiary/aromatic N) is 3. The maximum atomic E-state index is 14.1. The quantitative estimate of drug-likeness (QED) is 0.272. The summed E-state index contributed by atoms with van der Waals surface area (Å²) in [5.74, 6) is 0. The van der Waals surface area contributed by atoms with E-state index in [0.29, 0.717) is 5.69 Å². The van der Waals surface area contributed by atoms with Crippen LogP contribution in [-0.4, -0.2) is 29.4 Å². The first-order chi connectivity index (χ1) is 16.0. The maximum absolute atomic E-state index is 14.1. The molecule has 174 valence electrons. The van der Waals surface area contributed by atoms with Gasteiger partial charge in [0.1, 0.15) is 0 Å². The van der Waals surface area contributed by atoms with Gasteiger partial charge in [0.25, 0.3) is 5.69 Å². The fourth-order valence-electron chi connectivity index (χ4n) is 3.52. The Hall–Kier alpha value is -3.99. The highest BCUT2D eigenvalue weighted by Crippen LogP contribution is 2.43. The van der Waals surface area contributed by atoms with Crippen LogP contribution in [0.1, 0.15) is 5.69 Å². The summed E-state index contributed by atoms with van der Waals surface area (Å²) < 4.78 is 67.2. The molecule has 1 aromatic heterocycles. The van der Waals surface area contributed by atoms with Crippen molar-refractivity contribution in [2.24, 2.45) is 0 Å². The number of sulfone groups is 1. The third kappa shape index (κ3) is 4.42. The Kier molecular flexibility index (Phi) is 5.74. The number of hydrogen-bond acceptors (Lipinski definition) is 5. The molecule has 0 unspecified atom stereocenters. The topological polar surface area (TPSA) is 95.1 Å². The summed E-state index contributed by atoms with van der Waals surface area (Å²) in [4.78, 5) is 10.4. The molecule has 34 heavy (non-hydrogen) atoms. The van der Waals surface area contributed by atoms with Crippen molar-refractivity contribution in [3.63, 3.8) is 0 Å². The molecule has 0 aliphatic rings. The van der Waals surface area contributed by atoms with Crippen LogP contribution >= 0.6 is 0 Å². The van der Waals surface area contributed by atoms with Gasteiger partial charge in [0, 0.05) is 29.5 Å². The summed E-state index contributed by atoms with van der Waals surface area (Å²) in [7, 11) is -3.52. The zero-order valence-electron chi connectivity index (χ0n) is 17.5. The monoisotopic (exact) mass is 487 g/mol. The van der Waals surface area contributed by atoms with Gasteiger partial charge < -0.3 is 0 Å². The van der Waals surface area contributed by atoms with E-state index in [4.69, 9.17) is 0 Å². The third-order valence-corrected chi connectivity index (χ3v) is 6.21. The number of nitro benzene ring substituents is 1. The van der Waals surface area contributed by atoms with E-state index in [1.165, 1.54) is 36.4 Å². The Bertz CT molecular complexity index is 1460. The van der Waals surface area contributed by atoms with E-state index in [9.17, 15) is 31.7 Å². The SMILES string of the molecule is CS(=O)(=O)c1ccc(-c2c(-c3ccc([N+](=O)[O-])cc3)c(C(F)(F)F)nn2-c2ccccc2)cc1. The van der Waals surface area contributed by atoms with Crippen molar-refractivity contribution < 1.29 is 26.5 Å². The van der Waals surface area contributed by atoms with Crippen molar-refractivity contribution in [2.45, 2.75) is 11.1 Å². The van der Waals surface area contributed by atoms with Gasteiger partial charge in [-0.2, -0.15) is 18.3 Å². The molecular weight excluding hydrogens is 471 g/mol. The Balaban J connectivity index is 2.06. The molecule has 0 N–H and O–H groups in total. The number of para-hydroxylation sites is 1. The average Bonchev–Trinajstić information content (AvgIpc) is 3.20. The minimum atomic E-state index is -4.83. The number of benzene rings is 3. The molecule has 0 bridgehead atoms. The zero-order chi connectivity index (χ0) is 24.7. The standard InChI is InChI=1S/C23H16F3N3O4S/c1-34(32,33)19-13-9-16(10-14-19)21-20(15-7-11-18(12-8-15)29(30)31)22(23(24,25)26)27-28(21)17-5-3-2-4-6-17/h2-14H,1H3. The number of halogens is 3. The highest BCUT2D eigenvalue weighted by atomic mass is 32.2. The van der Waals surface area contributed by atoms with Crippen LogP contribution in [-0.2, 0) is 16.0 Å². The lowest BCUT2D eigenvalue weighted by Gasteiger charge is -2.12. The summed E-state index contributed by atoms with van der Waals surface area (Å²) >= 11 is 0. The Morgan fingerprint density at radius 1 is 0.882 bits per heavy atom. The van der Waals surface area contributed by atoms with Crippen LogP contribution in [0.5, 0.6) is 0 Å². The molecule has 0 fully saturated rings. The second-order valence-corrected chi connectivity index (χ2v) is 9.43. The lowest BCUT2D eigenvalue weighted by molar-refractivity contribution is -0.384. The van der Waals surface area contributed by atoms with Gasteiger partial charge in [-0.05, 0) is 42.0 Å². The van der Waals surface area contributed by atoms with Crippen molar-refractivity contribution in [2.75, 3.05) is 6.26 Å². The van der Waals surface area contributed by atoms with Crippen LogP contribution in [0.2, 0.25) is 0 Å². The molecule has 0 aliphatic carbocycles. The van der Waals surface area contributed by atoms with Crippen LogP contribution < -0.4 is 0 Å². The summed E-state index contributed by atoms with van der Waals surface area (Å²) in [6, 6.07) is 18.3. The number of aromatic nitrogens is 2. The Labute approximate surface area is 192 Å². The lowest BCUT2D eigenvalue weighted by atomic mass is 9.98. The first kappa shape index (κ1) is 23.2. The van der Waals surface area contributed by atoms with Crippen LogP contribution in [0.3, 0.4) is 0 Å². The van der Waals surface area contributed by atoms with Crippen LogP contribution in [0.15, 0.2) is 83.8 Å². The molecule has 11 heteroatoms. The van der Waals surface area contributed by atoms with Crippen LogP contribution in [0.25, 0.3) is 28.1 Å². The van der Waals surface area contributed by atoms with E-state index in [-0.39, 0.29) is 33.0 Å². The van der Waals surface area contributed by atoms with Crippen LogP contribution in [0.4, 0.5) is 18.9 Å². The summed E-state index contributed by atoms with van der Waals surface area (Å²) in [5, 5.41) is 14.9. The molecule has 0 saturated heterocycles. The molecule has 0 aliphatic heterocycles. The first-order valence-electron chi connectivity index (χ1n) is 9.78. The third-order valence-electron chi connectivity index (χ3n) is 5.08. The number of alkyl halides is 3. The Morgan fingerprint density at radius 3 is 1.94 bits per heavy atom. The van der Waals surface area contributed by atoms with E-state index in [1.54, 1.807) is 30.3 Å². The van der Waals surface area contributed by atoms with E-state index in [1.807, 2.05) is 0 Å². The van der Waals surface area contributed by atoms with E-state index in [2.05, 4.69) is 5.10 Å². The molecule has 0 spiro atoms. The maximum Gasteiger partial charge on any atom is 0.435 e. The molecule has 0 amide bonds. The normalized spacial score (nSPS) is 12.0. The summed E-state index contributed by atoms with van der Waals surface area (Å²) in [6.45, 7) is 0. The molecule has 7 nitrogen and oxygen atoms in total. The van der Waals surface area contributed by atoms with E-state index < -0.39 is 26.6 Å². The van der Waals surface area contributed by atoms with Gasteiger partial charge in [-0.25, -0.2) is 13.1 Å². The van der Waals surface area contributed by atoms with E-state index >= 15 is 0 Å². The zero-order valence-corrected chi connectivity index (χ0v) is 18.3. The molecule has 4 rings (SSSR count). The largest absolute Gasteiger partial charge is 0.435 e. The Morgan fingerprint density at radius 2 is 1.44 bits per heavy atom. The van der Waals surface area contributed by atoms with Gasteiger partial charge in [0.2, 0.25) is 0 Å². The van der Waals surface area contributed by atoms with Crippen molar-refractivity contribution in [3.8, 4) is 28.1 Å². The van der Waals surface area contributed by atoms with Crippen molar-refractivity contribution in [1.82, 2.24) is 9.78 Å². The highest BCUT2D eigenvalue weighted by molar-refractivity contribution is 7.90. The smallest absolute Gasteiger partial charge is 0.258 e. The van der Waals surface area contributed by atoms with Gasteiger partial charge >= 0.3 is 6.18 Å². The molecule has 0 atom stereocenters. The minimum Gasteiger partial charge on any atom is -0.258 e. The number of rotatable bonds is 5. The van der Waals surface area contributed by atoms with Gasteiger partial charge in [-0.15, -0.1) is 0 Å². The predicted molar refractivity (Wildman–Crippen MR) is 119 cm³/mol. The number of hydrogen-bond donors (Lipinski definition) is 0. The molecule has 0 saturated carbocycles. The van der Waals surface area contributed by atoms with Crippen LogP contribution in [0, 0.1) is 10.1 Å². The van der Waals surface area contributed by atoms with Crippen molar-refractivity contribution in [1.29, 1.82) is 0 Å². The van der Waals surface area contributed by atoms with Crippen molar-refractivity contribution in [3.05, 3.63) is 94.7 Å². The molecule has 4 aromatic rings. The first-order valence-corrected chi connectivity index (χ1v) is 11.7. The molecule has 0 radical (unpaired) electrons. The molecule has 1 heterocycles. The fourth-order valence-corrected chi connectivity index (χ4v) is 4.15. The minimum absolute atomic E-state index is 0.00922. The molecular formula is C23H16F3N3O4S. The second-order valence-electron chi connectivity index (χ2n) is 7.42. The van der Waals surface area contributed by atoms with Gasteiger partial charge in [-0.1, -0.05) is 30.3 Å². The van der Waals surface area contributed by atoms with Crippen molar-refractivity contribution >= 4 is 15.5 Å².